The predicted octanol–water partition coefficient (Wildman–Crippen LogP) is 2.79. The van der Waals surface area contributed by atoms with E-state index in [9.17, 15) is 4.39 Å². The molecular weight excluding hydrogens is 205 g/mol. The maximum Gasteiger partial charge on any atom is 0.225 e. The van der Waals surface area contributed by atoms with Gasteiger partial charge in [-0.1, -0.05) is 30.3 Å². The Labute approximate surface area is 93.4 Å². The molecule has 1 heterocycles. The Morgan fingerprint density at radius 1 is 1.19 bits per heavy atom. The number of halogens is 1. The second kappa shape index (κ2) is 4.70. The van der Waals surface area contributed by atoms with Crippen LogP contribution in [0.5, 0.6) is 0 Å². The van der Waals surface area contributed by atoms with E-state index >= 15 is 0 Å². The maximum atomic E-state index is 12.8. The molecule has 0 fully saturated rings. The Morgan fingerprint density at radius 3 is 2.62 bits per heavy atom. The SMILES string of the molecule is CC(Nc1nccc(F)n1)c1ccccc1. The van der Waals surface area contributed by atoms with E-state index in [1.54, 1.807) is 0 Å². The Hall–Kier alpha value is -1.97. The molecule has 82 valence electrons. The highest BCUT2D eigenvalue weighted by Crippen LogP contribution is 2.15. The third-order valence-electron chi connectivity index (χ3n) is 2.27. The first kappa shape index (κ1) is 10.5. The lowest BCUT2D eigenvalue weighted by Gasteiger charge is -2.13. The molecular formula is C12H12FN3. The first-order valence-corrected chi connectivity index (χ1v) is 5.06. The zero-order valence-electron chi connectivity index (χ0n) is 8.89. The minimum Gasteiger partial charge on any atom is -0.348 e. The van der Waals surface area contributed by atoms with Crippen LogP contribution in [0, 0.1) is 5.95 Å². The highest BCUT2D eigenvalue weighted by molar-refractivity contribution is 5.30. The van der Waals surface area contributed by atoms with Crippen LogP contribution in [0.4, 0.5) is 10.3 Å². The summed E-state index contributed by atoms with van der Waals surface area (Å²) in [6.07, 6.45) is 1.39. The Bertz CT molecular complexity index is 459. The van der Waals surface area contributed by atoms with Crippen molar-refractivity contribution in [3.63, 3.8) is 0 Å². The largest absolute Gasteiger partial charge is 0.348 e. The molecule has 3 nitrogen and oxygen atoms in total. The topological polar surface area (TPSA) is 37.8 Å². The summed E-state index contributed by atoms with van der Waals surface area (Å²) in [4.78, 5) is 7.59. The summed E-state index contributed by atoms with van der Waals surface area (Å²) in [6.45, 7) is 1.98. The fourth-order valence-corrected chi connectivity index (χ4v) is 1.42. The van der Waals surface area contributed by atoms with E-state index in [1.165, 1.54) is 12.3 Å². The summed E-state index contributed by atoms with van der Waals surface area (Å²) in [6, 6.07) is 11.1. The van der Waals surface area contributed by atoms with Gasteiger partial charge in [-0.3, -0.25) is 0 Å². The van der Waals surface area contributed by atoms with Crippen molar-refractivity contribution in [2.45, 2.75) is 13.0 Å². The minimum atomic E-state index is -0.530. The molecule has 1 unspecified atom stereocenters. The highest BCUT2D eigenvalue weighted by atomic mass is 19.1. The van der Waals surface area contributed by atoms with Gasteiger partial charge in [-0.2, -0.15) is 9.37 Å². The number of rotatable bonds is 3. The van der Waals surface area contributed by atoms with Crippen LogP contribution in [0.15, 0.2) is 42.6 Å². The summed E-state index contributed by atoms with van der Waals surface area (Å²) in [5, 5.41) is 3.04. The average Bonchev–Trinajstić information content (AvgIpc) is 2.30. The molecule has 2 rings (SSSR count). The number of nitrogens with one attached hydrogen (secondary N) is 1. The first-order valence-electron chi connectivity index (χ1n) is 5.06. The van der Waals surface area contributed by atoms with E-state index in [-0.39, 0.29) is 6.04 Å². The van der Waals surface area contributed by atoms with Gasteiger partial charge in [0, 0.05) is 12.3 Å². The lowest BCUT2D eigenvalue weighted by molar-refractivity contribution is 0.580. The van der Waals surface area contributed by atoms with Crippen LogP contribution in [0.1, 0.15) is 18.5 Å². The van der Waals surface area contributed by atoms with Crippen molar-refractivity contribution in [1.29, 1.82) is 0 Å². The number of aromatic nitrogens is 2. The van der Waals surface area contributed by atoms with Gasteiger partial charge in [-0.05, 0) is 12.5 Å². The highest BCUT2D eigenvalue weighted by Gasteiger charge is 2.06. The molecule has 1 N–H and O–H groups in total. The average molecular weight is 217 g/mol. The van der Waals surface area contributed by atoms with Crippen LogP contribution in [0.2, 0.25) is 0 Å². The van der Waals surface area contributed by atoms with Gasteiger partial charge >= 0.3 is 0 Å². The van der Waals surface area contributed by atoms with Crippen molar-refractivity contribution in [1.82, 2.24) is 9.97 Å². The van der Waals surface area contributed by atoms with Crippen LogP contribution in [0.3, 0.4) is 0 Å². The maximum absolute atomic E-state index is 12.8. The molecule has 2 aromatic rings. The number of hydrogen-bond donors (Lipinski definition) is 1. The number of nitrogens with zero attached hydrogens (tertiary/aromatic N) is 2. The molecule has 0 aliphatic heterocycles. The van der Waals surface area contributed by atoms with Gasteiger partial charge in [0.2, 0.25) is 11.9 Å². The quantitative estimate of drug-likeness (QED) is 0.803. The van der Waals surface area contributed by atoms with Gasteiger partial charge in [-0.15, -0.1) is 0 Å². The molecule has 0 amide bonds. The summed E-state index contributed by atoms with van der Waals surface area (Å²) in [5.41, 5.74) is 1.11. The lowest BCUT2D eigenvalue weighted by atomic mass is 10.1. The van der Waals surface area contributed by atoms with Crippen molar-refractivity contribution < 1.29 is 4.39 Å². The molecule has 16 heavy (non-hydrogen) atoms. The van der Waals surface area contributed by atoms with E-state index < -0.39 is 5.95 Å². The van der Waals surface area contributed by atoms with Crippen molar-refractivity contribution in [2.75, 3.05) is 5.32 Å². The standard InChI is InChI=1S/C12H12FN3/c1-9(10-5-3-2-4-6-10)15-12-14-8-7-11(13)16-12/h2-9H,1H3,(H,14,15,16). The van der Waals surface area contributed by atoms with E-state index in [0.717, 1.165) is 5.56 Å². The normalized spacial score (nSPS) is 12.1. The van der Waals surface area contributed by atoms with Crippen molar-refractivity contribution >= 4 is 5.95 Å². The zero-order chi connectivity index (χ0) is 11.4. The van der Waals surface area contributed by atoms with Gasteiger partial charge in [0.15, 0.2) is 0 Å². The van der Waals surface area contributed by atoms with Crippen molar-refractivity contribution in [3.05, 3.63) is 54.1 Å². The molecule has 1 atom stereocenters. The van der Waals surface area contributed by atoms with Gasteiger partial charge in [0.25, 0.3) is 0 Å². The van der Waals surface area contributed by atoms with E-state index in [2.05, 4.69) is 15.3 Å². The molecule has 0 saturated carbocycles. The van der Waals surface area contributed by atoms with Crippen LogP contribution in [0.25, 0.3) is 0 Å². The second-order valence-electron chi connectivity index (χ2n) is 3.48. The van der Waals surface area contributed by atoms with E-state index in [0.29, 0.717) is 5.95 Å². The van der Waals surface area contributed by atoms with Crippen LogP contribution in [-0.4, -0.2) is 9.97 Å². The lowest BCUT2D eigenvalue weighted by Crippen LogP contribution is -2.09. The summed E-state index contributed by atoms with van der Waals surface area (Å²) < 4.78 is 12.8. The Kier molecular flexibility index (Phi) is 3.10. The number of benzene rings is 1. The molecule has 4 heteroatoms. The third kappa shape index (κ3) is 2.53. The van der Waals surface area contributed by atoms with Crippen molar-refractivity contribution in [2.24, 2.45) is 0 Å². The van der Waals surface area contributed by atoms with Gasteiger partial charge in [-0.25, -0.2) is 4.98 Å². The minimum absolute atomic E-state index is 0.0444. The van der Waals surface area contributed by atoms with E-state index in [1.807, 2.05) is 37.3 Å². The smallest absolute Gasteiger partial charge is 0.225 e. The predicted molar refractivity (Wildman–Crippen MR) is 60.5 cm³/mol. The van der Waals surface area contributed by atoms with Crippen LogP contribution >= 0.6 is 0 Å². The molecule has 1 aromatic heterocycles. The fraction of sp³-hybridized carbons (Fsp3) is 0.167. The summed E-state index contributed by atoms with van der Waals surface area (Å²) in [5.74, 6) is -0.228. The second-order valence-corrected chi connectivity index (χ2v) is 3.48. The van der Waals surface area contributed by atoms with E-state index in [4.69, 9.17) is 0 Å². The molecule has 0 radical (unpaired) electrons. The van der Waals surface area contributed by atoms with Crippen molar-refractivity contribution in [3.8, 4) is 0 Å². The van der Waals surface area contributed by atoms with Gasteiger partial charge < -0.3 is 5.32 Å². The summed E-state index contributed by atoms with van der Waals surface area (Å²) >= 11 is 0. The summed E-state index contributed by atoms with van der Waals surface area (Å²) in [7, 11) is 0. The monoisotopic (exact) mass is 217 g/mol. The molecule has 0 aliphatic carbocycles. The Morgan fingerprint density at radius 2 is 1.94 bits per heavy atom. The van der Waals surface area contributed by atoms with Gasteiger partial charge in [0.1, 0.15) is 0 Å². The third-order valence-corrected chi connectivity index (χ3v) is 2.27. The molecule has 1 aromatic carbocycles. The molecule has 0 spiro atoms. The van der Waals surface area contributed by atoms with Crippen LogP contribution < -0.4 is 5.32 Å². The zero-order valence-corrected chi connectivity index (χ0v) is 8.89. The Balaban J connectivity index is 2.11. The van der Waals surface area contributed by atoms with Crippen LogP contribution in [-0.2, 0) is 0 Å². The number of hydrogen-bond acceptors (Lipinski definition) is 3. The number of anilines is 1. The molecule has 0 saturated heterocycles. The molecule has 0 aliphatic rings. The fourth-order valence-electron chi connectivity index (χ4n) is 1.42. The van der Waals surface area contributed by atoms with Gasteiger partial charge in [0.05, 0.1) is 6.04 Å². The molecule has 0 bridgehead atoms. The first-order chi connectivity index (χ1) is 7.75.